The molecular weight excluding hydrogens is 244 g/mol. The Labute approximate surface area is 102 Å². The molecule has 0 saturated heterocycles. The molecule has 0 bridgehead atoms. The standard InChI is InChI=1S/C10H14O2.CH4O3S/c11-7-9-12-8-6-10-4-2-1-3-5-10;1-5(2,3)4/h1-5,11H,6-9H2;1H3,(H,2,3,4). The molecule has 0 aliphatic carbocycles. The molecule has 5 nitrogen and oxygen atoms in total. The van der Waals surface area contributed by atoms with Gasteiger partial charge in [0.2, 0.25) is 0 Å². The van der Waals surface area contributed by atoms with Crippen LogP contribution in [-0.4, -0.2) is 44.2 Å². The second-order valence-corrected chi connectivity index (χ2v) is 4.77. The minimum atomic E-state index is -3.67. The zero-order chi connectivity index (χ0) is 13.1. The van der Waals surface area contributed by atoms with Crippen LogP contribution in [0.25, 0.3) is 0 Å². The molecule has 0 amide bonds. The smallest absolute Gasteiger partial charge is 0.261 e. The van der Waals surface area contributed by atoms with Crippen LogP contribution >= 0.6 is 0 Å². The second-order valence-electron chi connectivity index (χ2n) is 3.30. The van der Waals surface area contributed by atoms with E-state index in [9.17, 15) is 8.42 Å². The van der Waals surface area contributed by atoms with E-state index in [4.69, 9.17) is 14.4 Å². The normalized spacial score (nSPS) is 10.5. The Morgan fingerprint density at radius 1 is 1.18 bits per heavy atom. The summed E-state index contributed by atoms with van der Waals surface area (Å²) in [7, 11) is -3.67. The molecule has 98 valence electrons. The summed E-state index contributed by atoms with van der Waals surface area (Å²) in [5, 5.41) is 8.44. The van der Waals surface area contributed by atoms with Gasteiger partial charge < -0.3 is 9.84 Å². The van der Waals surface area contributed by atoms with Crippen LogP contribution in [0.5, 0.6) is 0 Å². The van der Waals surface area contributed by atoms with Crippen molar-refractivity contribution in [3.05, 3.63) is 35.9 Å². The van der Waals surface area contributed by atoms with Gasteiger partial charge in [-0.05, 0) is 12.0 Å². The van der Waals surface area contributed by atoms with Gasteiger partial charge in [0.15, 0.2) is 0 Å². The average molecular weight is 262 g/mol. The monoisotopic (exact) mass is 262 g/mol. The van der Waals surface area contributed by atoms with Crippen molar-refractivity contribution in [1.82, 2.24) is 0 Å². The Kier molecular flexibility index (Phi) is 8.61. The Balaban J connectivity index is 0.000000437. The van der Waals surface area contributed by atoms with E-state index in [-0.39, 0.29) is 6.61 Å². The van der Waals surface area contributed by atoms with E-state index < -0.39 is 10.1 Å². The lowest BCUT2D eigenvalue weighted by Crippen LogP contribution is -2.02. The van der Waals surface area contributed by atoms with Crippen molar-refractivity contribution in [2.45, 2.75) is 6.42 Å². The maximum Gasteiger partial charge on any atom is 0.261 e. The first kappa shape index (κ1) is 16.1. The van der Waals surface area contributed by atoms with Crippen LogP contribution in [0.3, 0.4) is 0 Å². The summed E-state index contributed by atoms with van der Waals surface area (Å²) in [5.74, 6) is 0. The highest BCUT2D eigenvalue weighted by atomic mass is 32.2. The third-order valence-corrected chi connectivity index (χ3v) is 1.61. The fourth-order valence-corrected chi connectivity index (χ4v) is 1.00. The van der Waals surface area contributed by atoms with Gasteiger partial charge in [-0.15, -0.1) is 0 Å². The van der Waals surface area contributed by atoms with Gasteiger partial charge in [0, 0.05) is 0 Å². The second kappa shape index (κ2) is 9.12. The summed E-state index contributed by atoms with van der Waals surface area (Å²) < 4.78 is 31.0. The van der Waals surface area contributed by atoms with Crippen LogP contribution in [0.2, 0.25) is 0 Å². The molecule has 1 rings (SSSR count). The number of aliphatic hydroxyl groups excluding tert-OH is 1. The molecule has 0 heterocycles. The van der Waals surface area contributed by atoms with Crippen molar-refractivity contribution in [1.29, 1.82) is 0 Å². The summed E-state index contributed by atoms with van der Waals surface area (Å²) in [6.45, 7) is 1.23. The molecule has 2 N–H and O–H groups in total. The molecule has 0 atom stereocenters. The van der Waals surface area contributed by atoms with E-state index in [1.807, 2.05) is 18.2 Å². The average Bonchev–Trinajstić information content (AvgIpc) is 2.24. The Morgan fingerprint density at radius 2 is 1.71 bits per heavy atom. The summed E-state index contributed by atoms with van der Waals surface area (Å²) in [5.41, 5.74) is 1.27. The molecule has 0 saturated carbocycles. The number of ether oxygens (including phenoxy) is 1. The summed E-state index contributed by atoms with van der Waals surface area (Å²) in [6, 6.07) is 10.2. The van der Waals surface area contributed by atoms with Crippen LogP contribution in [0.1, 0.15) is 5.56 Å². The molecule has 0 unspecified atom stereocenters. The number of aliphatic hydroxyl groups is 1. The van der Waals surface area contributed by atoms with Crippen molar-refractivity contribution in [3.63, 3.8) is 0 Å². The molecule has 0 fully saturated rings. The van der Waals surface area contributed by atoms with E-state index in [0.29, 0.717) is 19.5 Å². The van der Waals surface area contributed by atoms with Gasteiger partial charge in [0.1, 0.15) is 0 Å². The lowest BCUT2D eigenvalue weighted by Gasteiger charge is -2.01. The Morgan fingerprint density at radius 3 is 2.18 bits per heavy atom. The van der Waals surface area contributed by atoms with E-state index in [0.717, 1.165) is 6.42 Å². The topological polar surface area (TPSA) is 83.8 Å². The van der Waals surface area contributed by atoms with Crippen LogP contribution in [0, 0.1) is 0 Å². The quantitative estimate of drug-likeness (QED) is 0.604. The molecule has 17 heavy (non-hydrogen) atoms. The third-order valence-electron chi connectivity index (χ3n) is 1.61. The minimum absolute atomic E-state index is 0.106. The number of hydrogen-bond acceptors (Lipinski definition) is 4. The SMILES string of the molecule is CS(=O)(=O)O.OCCOCCc1ccccc1. The molecule has 0 radical (unpaired) electrons. The van der Waals surface area contributed by atoms with Gasteiger partial charge in [0.05, 0.1) is 26.1 Å². The van der Waals surface area contributed by atoms with Crippen LogP contribution in [0.15, 0.2) is 30.3 Å². The van der Waals surface area contributed by atoms with E-state index in [1.54, 1.807) is 0 Å². The highest BCUT2D eigenvalue weighted by molar-refractivity contribution is 7.85. The van der Waals surface area contributed by atoms with Crippen molar-refractivity contribution in [2.24, 2.45) is 0 Å². The third kappa shape index (κ3) is 15.1. The molecule has 1 aromatic rings. The molecule has 0 aliphatic heterocycles. The maximum atomic E-state index is 9.19. The lowest BCUT2D eigenvalue weighted by atomic mass is 10.2. The van der Waals surface area contributed by atoms with E-state index in [2.05, 4.69) is 12.1 Å². The van der Waals surface area contributed by atoms with Crippen molar-refractivity contribution in [3.8, 4) is 0 Å². The largest absolute Gasteiger partial charge is 0.394 e. The molecule has 6 heteroatoms. The molecule has 0 aromatic heterocycles. The highest BCUT2D eigenvalue weighted by Gasteiger charge is 1.90. The molecule has 0 aliphatic rings. The summed E-state index contributed by atoms with van der Waals surface area (Å²) >= 11 is 0. The van der Waals surface area contributed by atoms with Crippen molar-refractivity contribution in [2.75, 3.05) is 26.1 Å². The first-order chi connectivity index (χ1) is 7.93. The molecule has 1 aromatic carbocycles. The summed E-state index contributed by atoms with van der Waals surface area (Å²) in [6.07, 6.45) is 1.63. The summed E-state index contributed by atoms with van der Waals surface area (Å²) in [4.78, 5) is 0. The van der Waals surface area contributed by atoms with Gasteiger partial charge in [0.25, 0.3) is 10.1 Å². The first-order valence-electron chi connectivity index (χ1n) is 5.08. The molecule has 0 spiro atoms. The number of benzene rings is 1. The van der Waals surface area contributed by atoms with Gasteiger partial charge in [-0.25, -0.2) is 0 Å². The zero-order valence-electron chi connectivity index (χ0n) is 9.74. The highest BCUT2D eigenvalue weighted by Crippen LogP contribution is 1.98. The van der Waals surface area contributed by atoms with Gasteiger partial charge in [-0.3, -0.25) is 4.55 Å². The predicted octanol–water partition coefficient (Wildman–Crippen LogP) is 0.742. The first-order valence-corrected chi connectivity index (χ1v) is 6.93. The van der Waals surface area contributed by atoms with Gasteiger partial charge >= 0.3 is 0 Å². The fraction of sp³-hybridized carbons (Fsp3) is 0.455. The predicted molar refractivity (Wildman–Crippen MR) is 65.5 cm³/mol. The van der Waals surface area contributed by atoms with Crippen LogP contribution in [-0.2, 0) is 21.3 Å². The molecular formula is C11H18O5S. The minimum Gasteiger partial charge on any atom is -0.394 e. The van der Waals surface area contributed by atoms with Crippen molar-refractivity contribution >= 4 is 10.1 Å². The van der Waals surface area contributed by atoms with Gasteiger partial charge in [-0.1, -0.05) is 30.3 Å². The fourth-order valence-electron chi connectivity index (χ4n) is 1.00. The van der Waals surface area contributed by atoms with E-state index >= 15 is 0 Å². The van der Waals surface area contributed by atoms with Crippen LogP contribution in [0.4, 0.5) is 0 Å². The number of hydrogen-bond donors (Lipinski definition) is 2. The van der Waals surface area contributed by atoms with Gasteiger partial charge in [-0.2, -0.15) is 8.42 Å². The Hall–Kier alpha value is -0.950. The lowest BCUT2D eigenvalue weighted by molar-refractivity contribution is 0.0944. The maximum absolute atomic E-state index is 9.19. The Bertz CT molecular complexity index is 366. The van der Waals surface area contributed by atoms with Crippen LogP contribution < -0.4 is 0 Å². The number of rotatable bonds is 5. The van der Waals surface area contributed by atoms with E-state index in [1.165, 1.54) is 5.56 Å². The van der Waals surface area contributed by atoms with Crippen molar-refractivity contribution < 1.29 is 22.8 Å². The zero-order valence-corrected chi connectivity index (χ0v) is 10.6.